The molecule has 0 aromatic heterocycles. The minimum absolute atomic E-state index is 0.0621. The van der Waals surface area contributed by atoms with Gasteiger partial charge < -0.3 is 10.2 Å². The number of hydrogen-bond acceptors (Lipinski definition) is 2. The van der Waals surface area contributed by atoms with Crippen molar-refractivity contribution in [2.45, 2.75) is 44.1 Å². The van der Waals surface area contributed by atoms with E-state index < -0.39 is 0 Å². The molecular formula is C17H24N2O. The second-order valence-corrected chi connectivity index (χ2v) is 6.04. The summed E-state index contributed by atoms with van der Waals surface area (Å²) in [4.78, 5) is 14.7. The highest BCUT2D eigenvalue weighted by molar-refractivity contribution is 5.82. The van der Waals surface area contributed by atoms with Crippen LogP contribution in [0.1, 0.15) is 43.6 Å². The van der Waals surface area contributed by atoms with E-state index >= 15 is 0 Å². The first-order chi connectivity index (χ1) is 9.84. The Labute approximate surface area is 121 Å². The number of carbonyl (C=O) groups is 1. The van der Waals surface area contributed by atoms with Crippen LogP contribution in [-0.4, -0.2) is 36.5 Å². The molecule has 2 fully saturated rings. The minimum atomic E-state index is 0.0621. The summed E-state index contributed by atoms with van der Waals surface area (Å²) in [5.74, 6) is 0.844. The number of nitrogens with zero attached hydrogens (tertiary/aromatic N) is 1. The molecule has 3 rings (SSSR count). The molecule has 2 heterocycles. The molecule has 2 atom stereocenters. The van der Waals surface area contributed by atoms with Gasteiger partial charge in [0.1, 0.15) is 0 Å². The summed E-state index contributed by atoms with van der Waals surface area (Å²) in [6.45, 7) is 2.80. The first-order valence-electron chi connectivity index (χ1n) is 7.92. The fraction of sp³-hybridized carbons (Fsp3) is 0.588. The Hall–Kier alpha value is -1.35. The van der Waals surface area contributed by atoms with Gasteiger partial charge in [0.25, 0.3) is 0 Å². The standard InChI is InChI=1S/C17H24N2O/c20-17(16-9-5-2-6-11-18-16)19-12-10-15(13-19)14-7-3-1-4-8-14/h1,3-4,7-8,15-16,18H,2,5-6,9-13H2. The number of amides is 1. The van der Waals surface area contributed by atoms with Crippen molar-refractivity contribution in [1.82, 2.24) is 10.2 Å². The van der Waals surface area contributed by atoms with Crippen LogP contribution < -0.4 is 5.32 Å². The fourth-order valence-corrected chi connectivity index (χ4v) is 3.42. The summed E-state index contributed by atoms with van der Waals surface area (Å²) in [5.41, 5.74) is 1.37. The summed E-state index contributed by atoms with van der Waals surface area (Å²) < 4.78 is 0. The van der Waals surface area contributed by atoms with Crippen molar-refractivity contribution in [3.8, 4) is 0 Å². The van der Waals surface area contributed by atoms with Crippen LogP contribution in [0, 0.1) is 0 Å². The Bertz CT molecular complexity index is 438. The van der Waals surface area contributed by atoms with Crippen LogP contribution in [0.4, 0.5) is 0 Å². The molecule has 0 radical (unpaired) electrons. The Balaban J connectivity index is 1.60. The molecule has 2 aliphatic heterocycles. The SMILES string of the molecule is O=C(C1CCCCCN1)N1CCC(c2ccccc2)C1. The van der Waals surface area contributed by atoms with Gasteiger partial charge in [-0.25, -0.2) is 0 Å². The highest BCUT2D eigenvalue weighted by atomic mass is 16.2. The topological polar surface area (TPSA) is 32.3 Å². The van der Waals surface area contributed by atoms with Gasteiger partial charge in [-0.05, 0) is 31.4 Å². The fourth-order valence-electron chi connectivity index (χ4n) is 3.42. The second-order valence-electron chi connectivity index (χ2n) is 6.04. The van der Waals surface area contributed by atoms with E-state index in [4.69, 9.17) is 0 Å². The molecule has 20 heavy (non-hydrogen) atoms. The van der Waals surface area contributed by atoms with Crippen LogP contribution in [0.2, 0.25) is 0 Å². The van der Waals surface area contributed by atoms with Crippen molar-refractivity contribution >= 4 is 5.91 Å². The van der Waals surface area contributed by atoms with Gasteiger partial charge >= 0.3 is 0 Å². The Morgan fingerprint density at radius 1 is 1.10 bits per heavy atom. The number of hydrogen-bond donors (Lipinski definition) is 1. The molecule has 108 valence electrons. The number of nitrogens with one attached hydrogen (secondary N) is 1. The molecular weight excluding hydrogens is 248 g/mol. The monoisotopic (exact) mass is 272 g/mol. The van der Waals surface area contributed by atoms with Crippen molar-refractivity contribution in [2.24, 2.45) is 0 Å². The third kappa shape index (κ3) is 3.04. The Kier molecular flexibility index (Phi) is 4.36. The lowest BCUT2D eigenvalue weighted by Gasteiger charge is -2.23. The van der Waals surface area contributed by atoms with Crippen molar-refractivity contribution in [3.63, 3.8) is 0 Å². The summed E-state index contributed by atoms with van der Waals surface area (Å²) in [7, 11) is 0. The highest BCUT2D eigenvalue weighted by Crippen LogP contribution is 2.27. The zero-order valence-electron chi connectivity index (χ0n) is 12.1. The first-order valence-corrected chi connectivity index (χ1v) is 7.92. The highest BCUT2D eigenvalue weighted by Gasteiger charge is 2.31. The van der Waals surface area contributed by atoms with Gasteiger partial charge in [0.2, 0.25) is 5.91 Å². The normalized spacial score (nSPS) is 27.3. The van der Waals surface area contributed by atoms with Crippen molar-refractivity contribution in [1.29, 1.82) is 0 Å². The molecule has 3 heteroatoms. The largest absolute Gasteiger partial charge is 0.341 e. The molecule has 2 saturated heterocycles. The van der Waals surface area contributed by atoms with Crippen molar-refractivity contribution in [2.75, 3.05) is 19.6 Å². The molecule has 2 aliphatic rings. The summed E-state index contributed by atoms with van der Waals surface area (Å²) in [5, 5.41) is 3.42. The molecule has 0 aliphatic carbocycles. The summed E-state index contributed by atoms with van der Waals surface area (Å²) in [6, 6.07) is 10.7. The number of benzene rings is 1. The number of rotatable bonds is 2. The third-order valence-electron chi connectivity index (χ3n) is 4.63. The minimum Gasteiger partial charge on any atom is -0.341 e. The molecule has 1 aromatic rings. The van der Waals surface area contributed by atoms with Crippen molar-refractivity contribution in [3.05, 3.63) is 35.9 Å². The predicted octanol–water partition coefficient (Wildman–Crippen LogP) is 2.53. The van der Waals surface area contributed by atoms with Crippen LogP contribution in [0.5, 0.6) is 0 Å². The van der Waals surface area contributed by atoms with Crippen LogP contribution in [0.3, 0.4) is 0 Å². The van der Waals surface area contributed by atoms with E-state index in [-0.39, 0.29) is 6.04 Å². The van der Waals surface area contributed by atoms with E-state index in [9.17, 15) is 4.79 Å². The van der Waals surface area contributed by atoms with Crippen LogP contribution in [-0.2, 0) is 4.79 Å². The van der Waals surface area contributed by atoms with E-state index in [0.29, 0.717) is 11.8 Å². The zero-order chi connectivity index (χ0) is 13.8. The maximum absolute atomic E-state index is 12.6. The van der Waals surface area contributed by atoms with E-state index in [1.165, 1.54) is 24.8 Å². The van der Waals surface area contributed by atoms with E-state index in [1.807, 2.05) is 0 Å². The third-order valence-corrected chi connectivity index (χ3v) is 4.63. The van der Waals surface area contributed by atoms with Gasteiger partial charge in [-0.2, -0.15) is 0 Å². The lowest BCUT2D eigenvalue weighted by Crippen LogP contribution is -2.45. The average Bonchev–Trinajstić information content (AvgIpc) is 2.83. The molecule has 1 N–H and O–H groups in total. The molecule has 1 aromatic carbocycles. The molecule has 3 nitrogen and oxygen atoms in total. The maximum Gasteiger partial charge on any atom is 0.239 e. The van der Waals surface area contributed by atoms with Crippen molar-refractivity contribution < 1.29 is 4.79 Å². The van der Waals surface area contributed by atoms with Gasteiger partial charge in [0.15, 0.2) is 0 Å². The number of likely N-dealkylation sites (tertiary alicyclic amines) is 1. The van der Waals surface area contributed by atoms with Gasteiger partial charge in [-0.15, -0.1) is 0 Å². The van der Waals surface area contributed by atoms with Gasteiger partial charge in [-0.1, -0.05) is 43.2 Å². The van der Waals surface area contributed by atoms with E-state index in [2.05, 4.69) is 40.5 Å². The summed E-state index contributed by atoms with van der Waals surface area (Å²) in [6.07, 6.45) is 5.74. The Morgan fingerprint density at radius 3 is 2.80 bits per heavy atom. The maximum atomic E-state index is 12.6. The quantitative estimate of drug-likeness (QED) is 0.897. The lowest BCUT2D eigenvalue weighted by atomic mass is 9.99. The van der Waals surface area contributed by atoms with Crippen LogP contribution >= 0.6 is 0 Å². The molecule has 1 amide bonds. The van der Waals surface area contributed by atoms with Crippen LogP contribution in [0.15, 0.2) is 30.3 Å². The van der Waals surface area contributed by atoms with Gasteiger partial charge in [0, 0.05) is 19.0 Å². The first kappa shape index (κ1) is 13.6. The van der Waals surface area contributed by atoms with Gasteiger partial charge in [0.05, 0.1) is 6.04 Å². The van der Waals surface area contributed by atoms with Gasteiger partial charge in [-0.3, -0.25) is 4.79 Å². The zero-order valence-corrected chi connectivity index (χ0v) is 12.1. The summed E-state index contributed by atoms with van der Waals surface area (Å²) >= 11 is 0. The Morgan fingerprint density at radius 2 is 1.95 bits per heavy atom. The van der Waals surface area contributed by atoms with E-state index in [1.54, 1.807) is 0 Å². The number of carbonyl (C=O) groups excluding carboxylic acids is 1. The molecule has 0 saturated carbocycles. The second kappa shape index (κ2) is 6.40. The van der Waals surface area contributed by atoms with E-state index in [0.717, 1.165) is 32.5 Å². The predicted molar refractivity (Wildman–Crippen MR) is 80.6 cm³/mol. The molecule has 0 spiro atoms. The van der Waals surface area contributed by atoms with Crippen LogP contribution in [0.25, 0.3) is 0 Å². The molecule has 2 unspecified atom stereocenters. The lowest BCUT2D eigenvalue weighted by molar-refractivity contribution is -0.132. The smallest absolute Gasteiger partial charge is 0.239 e. The average molecular weight is 272 g/mol. The molecule has 0 bridgehead atoms.